The van der Waals surface area contributed by atoms with Crippen LogP contribution in [0.15, 0.2) is 16.5 Å². The highest BCUT2D eigenvalue weighted by Crippen LogP contribution is 2.27. The third-order valence-corrected chi connectivity index (χ3v) is 2.86. The molecule has 0 amide bonds. The number of aromatic nitrogens is 1. The maximum atomic E-state index is 13.8. The maximum Gasteiger partial charge on any atom is 0.373 e. The molecule has 20 heavy (non-hydrogen) atoms. The Morgan fingerprint density at radius 1 is 1.35 bits per heavy atom. The van der Waals surface area contributed by atoms with Crippen LogP contribution in [-0.2, 0) is 6.42 Å². The highest BCUT2D eigenvalue weighted by molar-refractivity contribution is 5.86. The second-order valence-corrected chi connectivity index (χ2v) is 4.43. The number of hydrogen-bond acceptors (Lipinski definition) is 3. The number of carboxylic acid groups (broad SMARTS) is 1. The fraction of sp³-hybridized carbons (Fsp3) is 0.286. The standard InChI is InChI=1S/C14H13F2NO3/c1-3-4-11-12(14(18)19)20-13(17-11)8-5-7(2)9(15)6-10(8)16/h5-6H,3-4H2,1-2H3,(H,18,19). The minimum absolute atomic E-state index is 0.0475. The minimum atomic E-state index is -1.26. The fourth-order valence-corrected chi connectivity index (χ4v) is 1.86. The summed E-state index contributed by atoms with van der Waals surface area (Å²) in [7, 11) is 0. The monoisotopic (exact) mass is 281 g/mol. The Kier molecular flexibility index (Phi) is 3.83. The number of aryl methyl sites for hydroxylation is 2. The number of halogens is 2. The smallest absolute Gasteiger partial charge is 0.373 e. The molecule has 0 aliphatic carbocycles. The quantitative estimate of drug-likeness (QED) is 0.930. The number of nitrogens with zero attached hydrogens (tertiary/aromatic N) is 1. The van der Waals surface area contributed by atoms with Crippen molar-refractivity contribution in [3.8, 4) is 11.5 Å². The van der Waals surface area contributed by atoms with Gasteiger partial charge in [0.05, 0.1) is 11.3 Å². The fourth-order valence-electron chi connectivity index (χ4n) is 1.86. The zero-order valence-corrected chi connectivity index (χ0v) is 11.0. The molecule has 1 heterocycles. The summed E-state index contributed by atoms with van der Waals surface area (Å²) in [4.78, 5) is 15.1. The first-order valence-corrected chi connectivity index (χ1v) is 6.13. The van der Waals surface area contributed by atoms with E-state index in [0.29, 0.717) is 12.8 Å². The van der Waals surface area contributed by atoms with Crippen LogP contribution in [0.3, 0.4) is 0 Å². The molecule has 0 saturated heterocycles. The number of carboxylic acids is 1. The normalized spacial score (nSPS) is 10.8. The van der Waals surface area contributed by atoms with E-state index in [0.717, 1.165) is 6.07 Å². The van der Waals surface area contributed by atoms with Crippen LogP contribution < -0.4 is 0 Å². The minimum Gasteiger partial charge on any atom is -0.475 e. The van der Waals surface area contributed by atoms with Gasteiger partial charge in [-0.1, -0.05) is 13.3 Å². The van der Waals surface area contributed by atoms with Gasteiger partial charge in [-0.2, -0.15) is 0 Å². The molecule has 0 bridgehead atoms. The molecule has 2 aromatic rings. The van der Waals surface area contributed by atoms with Crippen LogP contribution in [0.2, 0.25) is 0 Å². The van der Waals surface area contributed by atoms with Gasteiger partial charge < -0.3 is 9.52 Å². The molecule has 0 radical (unpaired) electrons. The van der Waals surface area contributed by atoms with Crippen molar-refractivity contribution in [2.45, 2.75) is 26.7 Å². The second-order valence-electron chi connectivity index (χ2n) is 4.43. The summed E-state index contributed by atoms with van der Waals surface area (Å²) < 4.78 is 32.1. The molecule has 6 heteroatoms. The van der Waals surface area contributed by atoms with Crippen molar-refractivity contribution in [1.82, 2.24) is 4.98 Å². The first-order valence-electron chi connectivity index (χ1n) is 6.13. The van der Waals surface area contributed by atoms with Gasteiger partial charge in [0.15, 0.2) is 0 Å². The van der Waals surface area contributed by atoms with Crippen LogP contribution in [-0.4, -0.2) is 16.1 Å². The largest absolute Gasteiger partial charge is 0.475 e. The zero-order valence-electron chi connectivity index (χ0n) is 11.0. The third kappa shape index (κ3) is 2.54. The number of rotatable bonds is 4. The first-order chi connectivity index (χ1) is 9.43. The van der Waals surface area contributed by atoms with E-state index >= 15 is 0 Å². The second kappa shape index (κ2) is 5.40. The third-order valence-electron chi connectivity index (χ3n) is 2.86. The molecule has 0 aliphatic heterocycles. The van der Waals surface area contributed by atoms with Crippen LogP contribution >= 0.6 is 0 Å². The molecule has 0 unspecified atom stereocenters. The molecule has 0 saturated carbocycles. The van der Waals surface area contributed by atoms with Gasteiger partial charge in [0.2, 0.25) is 11.7 Å². The Morgan fingerprint density at radius 2 is 2.05 bits per heavy atom. The van der Waals surface area contributed by atoms with Gasteiger partial charge in [-0.3, -0.25) is 0 Å². The summed E-state index contributed by atoms with van der Waals surface area (Å²) in [5, 5.41) is 9.03. The van der Waals surface area contributed by atoms with Crippen molar-refractivity contribution in [1.29, 1.82) is 0 Å². The number of benzene rings is 1. The summed E-state index contributed by atoms with van der Waals surface area (Å²) in [5.74, 6) is -3.22. The average molecular weight is 281 g/mol. The summed E-state index contributed by atoms with van der Waals surface area (Å²) in [6, 6.07) is 1.98. The van der Waals surface area contributed by atoms with E-state index in [-0.39, 0.29) is 28.5 Å². The lowest BCUT2D eigenvalue weighted by molar-refractivity contribution is 0.0661. The van der Waals surface area contributed by atoms with E-state index < -0.39 is 17.6 Å². The van der Waals surface area contributed by atoms with E-state index in [1.807, 2.05) is 6.92 Å². The number of aromatic carboxylic acids is 1. The van der Waals surface area contributed by atoms with Crippen LogP contribution in [0.4, 0.5) is 8.78 Å². The lowest BCUT2D eigenvalue weighted by Gasteiger charge is -2.01. The van der Waals surface area contributed by atoms with Crippen LogP contribution in [0.1, 0.15) is 35.2 Å². The van der Waals surface area contributed by atoms with Crippen molar-refractivity contribution in [3.63, 3.8) is 0 Å². The molecule has 4 nitrogen and oxygen atoms in total. The van der Waals surface area contributed by atoms with E-state index in [9.17, 15) is 13.6 Å². The molecule has 0 aliphatic rings. The predicted molar refractivity (Wildman–Crippen MR) is 67.5 cm³/mol. The highest BCUT2D eigenvalue weighted by atomic mass is 19.1. The number of hydrogen-bond donors (Lipinski definition) is 1. The van der Waals surface area contributed by atoms with E-state index in [1.165, 1.54) is 13.0 Å². The molecular weight excluding hydrogens is 268 g/mol. The topological polar surface area (TPSA) is 63.3 Å². The highest BCUT2D eigenvalue weighted by Gasteiger charge is 2.22. The Bertz CT molecular complexity index is 665. The molecule has 0 atom stereocenters. The van der Waals surface area contributed by atoms with Crippen molar-refractivity contribution in [2.75, 3.05) is 0 Å². The van der Waals surface area contributed by atoms with Gasteiger partial charge >= 0.3 is 5.97 Å². The maximum absolute atomic E-state index is 13.8. The molecule has 1 aromatic carbocycles. The van der Waals surface area contributed by atoms with Gasteiger partial charge in [0.1, 0.15) is 11.6 Å². The molecule has 0 fully saturated rings. The van der Waals surface area contributed by atoms with Gasteiger partial charge in [0, 0.05) is 6.07 Å². The van der Waals surface area contributed by atoms with Crippen molar-refractivity contribution >= 4 is 5.97 Å². The van der Waals surface area contributed by atoms with E-state index in [4.69, 9.17) is 9.52 Å². The average Bonchev–Trinajstić information content (AvgIpc) is 2.78. The summed E-state index contributed by atoms with van der Waals surface area (Å²) in [6.07, 6.45) is 1.09. The van der Waals surface area contributed by atoms with Gasteiger partial charge in [-0.15, -0.1) is 0 Å². The summed E-state index contributed by atoms with van der Waals surface area (Å²) in [5.41, 5.74) is 0.443. The Labute approximate surface area is 114 Å². The van der Waals surface area contributed by atoms with Gasteiger partial charge in [-0.05, 0) is 25.0 Å². The summed E-state index contributed by atoms with van der Waals surface area (Å²) in [6.45, 7) is 3.34. The first kappa shape index (κ1) is 14.2. The van der Waals surface area contributed by atoms with Crippen molar-refractivity contribution in [3.05, 3.63) is 40.8 Å². The van der Waals surface area contributed by atoms with Crippen LogP contribution in [0, 0.1) is 18.6 Å². The predicted octanol–water partition coefficient (Wildman–Crippen LogP) is 3.58. The van der Waals surface area contributed by atoms with E-state index in [2.05, 4.69) is 4.98 Å². The molecule has 2 rings (SSSR count). The number of carbonyl (C=O) groups is 1. The lowest BCUT2D eigenvalue weighted by Crippen LogP contribution is -1.99. The van der Waals surface area contributed by atoms with Crippen LogP contribution in [0.25, 0.3) is 11.5 Å². The number of oxazole rings is 1. The van der Waals surface area contributed by atoms with Crippen LogP contribution in [0.5, 0.6) is 0 Å². The molecule has 1 aromatic heterocycles. The molecular formula is C14H13F2NO3. The lowest BCUT2D eigenvalue weighted by atomic mass is 10.1. The molecule has 106 valence electrons. The van der Waals surface area contributed by atoms with Gasteiger partial charge in [-0.25, -0.2) is 18.6 Å². The molecule has 1 N–H and O–H groups in total. The Balaban J connectivity index is 2.56. The Hall–Kier alpha value is -2.24. The van der Waals surface area contributed by atoms with Gasteiger partial charge in [0.25, 0.3) is 0 Å². The molecule has 0 spiro atoms. The zero-order chi connectivity index (χ0) is 14.9. The SMILES string of the molecule is CCCc1nc(-c2cc(C)c(F)cc2F)oc1C(=O)O. The Morgan fingerprint density at radius 3 is 2.65 bits per heavy atom. The van der Waals surface area contributed by atoms with Crippen molar-refractivity contribution < 1.29 is 23.1 Å². The van der Waals surface area contributed by atoms with E-state index in [1.54, 1.807) is 0 Å². The van der Waals surface area contributed by atoms with Crippen molar-refractivity contribution in [2.24, 2.45) is 0 Å². The summed E-state index contributed by atoms with van der Waals surface area (Å²) >= 11 is 0.